The Morgan fingerprint density at radius 3 is 2.52 bits per heavy atom. The molecule has 0 spiro atoms. The number of halogens is 1. The molecule has 0 N–H and O–H groups in total. The second-order valence-corrected chi connectivity index (χ2v) is 11.1. The van der Waals surface area contributed by atoms with Crippen molar-refractivity contribution in [1.82, 2.24) is 4.90 Å². The molecule has 1 saturated heterocycles. The Morgan fingerprint density at radius 1 is 0.950 bits per heavy atom. The van der Waals surface area contributed by atoms with Gasteiger partial charge < -0.3 is 9.47 Å². The van der Waals surface area contributed by atoms with Gasteiger partial charge in [-0.25, -0.2) is 0 Å². The average Bonchev–Trinajstić information content (AvgIpc) is 3.20. The van der Waals surface area contributed by atoms with Gasteiger partial charge in [0, 0.05) is 12.1 Å². The van der Waals surface area contributed by atoms with Gasteiger partial charge in [-0.1, -0.05) is 48.5 Å². The number of non-ortho nitro benzene ring substituents is 1. The van der Waals surface area contributed by atoms with E-state index in [4.69, 9.17) is 9.47 Å². The van der Waals surface area contributed by atoms with E-state index < -0.39 is 16.1 Å². The Balaban J connectivity index is 1.35. The number of hydrogen-bond donors (Lipinski definition) is 0. The molecule has 1 fully saturated rings. The van der Waals surface area contributed by atoms with E-state index in [-0.39, 0.29) is 17.1 Å². The summed E-state index contributed by atoms with van der Waals surface area (Å²) in [5, 5.41) is 13.0. The molecule has 0 saturated carbocycles. The molecular formula is C30H23IN2O6S. The minimum absolute atomic E-state index is 0.0486. The predicted octanol–water partition coefficient (Wildman–Crippen LogP) is 7.57. The molecule has 0 atom stereocenters. The lowest BCUT2D eigenvalue weighted by atomic mass is 10.1. The van der Waals surface area contributed by atoms with Gasteiger partial charge in [0.25, 0.3) is 16.8 Å². The van der Waals surface area contributed by atoms with Crippen LogP contribution >= 0.6 is 34.4 Å². The minimum atomic E-state index is -0.510. The zero-order valence-electron chi connectivity index (χ0n) is 21.3. The van der Waals surface area contributed by atoms with Crippen molar-refractivity contribution < 1.29 is 24.0 Å². The van der Waals surface area contributed by atoms with Crippen LogP contribution in [0, 0.1) is 13.7 Å². The van der Waals surface area contributed by atoms with E-state index in [0.29, 0.717) is 35.8 Å². The monoisotopic (exact) mass is 666 g/mol. The zero-order valence-corrected chi connectivity index (χ0v) is 24.3. The molecule has 10 heteroatoms. The first-order chi connectivity index (χ1) is 19.3. The molecule has 0 bridgehead atoms. The highest BCUT2D eigenvalue weighted by atomic mass is 127. The Bertz CT molecular complexity index is 1670. The number of thioether (sulfide) groups is 1. The highest BCUT2D eigenvalue weighted by molar-refractivity contribution is 14.1. The number of carbonyl (C=O) groups is 2. The fourth-order valence-electron chi connectivity index (χ4n) is 4.30. The van der Waals surface area contributed by atoms with E-state index in [1.807, 2.05) is 31.2 Å². The van der Waals surface area contributed by atoms with Gasteiger partial charge in [0.2, 0.25) is 0 Å². The van der Waals surface area contributed by atoms with E-state index in [1.165, 1.54) is 18.2 Å². The maximum atomic E-state index is 13.1. The topological polar surface area (TPSA) is 99.0 Å². The molecule has 202 valence electrons. The van der Waals surface area contributed by atoms with Crippen molar-refractivity contribution in [2.75, 3.05) is 6.61 Å². The van der Waals surface area contributed by atoms with Gasteiger partial charge in [0.1, 0.15) is 6.61 Å². The van der Waals surface area contributed by atoms with E-state index in [0.717, 1.165) is 36.6 Å². The lowest BCUT2D eigenvalue weighted by Crippen LogP contribution is -2.27. The summed E-state index contributed by atoms with van der Waals surface area (Å²) in [6.45, 7) is 2.61. The van der Waals surface area contributed by atoms with E-state index in [1.54, 1.807) is 18.2 Å². The van der Waals surface area contributed by atoms with Crippen LogP contribution in [0.25, 0.3) is 16.8 Å². The molecule has 0 unspecified atom stereocenters. The number of nitro benzene ring substituents is 1. The van der Waals surface area contributed by atoms with Crippen molar-refractivity contribution in [3.8, 4) is 11.5 Å². The maximum absolute atomic E-state index is 13.1. The van der Waals surface area contributed by atoms with Gasteiger partial charge in [-0.05, 0) is 93.0 Å². The van der Waals surface area contributed by atoms with Gasteiger partial charge >= 0.3 is 0 Å². The highest BCUT2D eigenvalue weighted by Gasteiger charge is 2.35. The van der Waals surface area contributed by atoms with Crippen molar-refractivity contribution in [2.45, 2.75) is 20.1 Å². The Labute approximate surface area is 248 Å². The lowest BCUT2D eigenvalue weighted by Gasteiger charge is -2.15. The van der Waals surface area contributed by atoms with Gasteiger partial charge in [-0.15, -0.1) is 0 Å². The average molecular weight is 666 g/mol. The molecule has 4 aromatic carbocycles. The van der Waals surface area contributed by atoms with Crippen LogP contribution in [0.3, 0.4) is 0 Å². The molecule has 1 aliphatic rings. The van der Waals surface area contributed by atoms with Gasteiger partial charge in [-0.2, -0.15) is 0 Å². The molecule has 0 radical (unpaired) electrons. The molecule has 1 heterocycles. The van der Waals surface area contributed by atoms with Crippen molar-refractivity contribution in [3.05, 3.63) is 114 Å². The van der Waals surface area contributed by atoms with Crippen molar-refractivity contribution in [2.24, 2.45) is 0 Å². The van der Waals surface area contributed by atoms with Crippen LogP contribution in [-0.2, 0) is 17.9 Å². The number of hydrogen-bond acceptors (Lipinski definition) is 7. The summed E-state index contributed by atoms with van der Waals surface area (Å²) in [6.07, 6.45) is 1.65. The summed E-state index contributed by atoms with van der Waals surface area (Å²) in [7, 11) is 0. The van der Waals surface area contributed by atoms with Crippen molar-refractivity contribution in [1.29, 1.82) is 0 Å². The largest absolute Gasteiger partial charge is 0.490 e. The van der Waals surface area contributed by atoms with Crippen LogP contribution in [0.1, 0.15) is 23.6 Å². The number of rotatable bonds is 9. The van der Waals surface area contributed by atoms with Gasteiger partial charge in [-0.3, -0.25) is 24.6 Å². The number of carbonyl (C=O) groups excluding carboxylic acids is 2. The summed E-state index contributed by atoms with van der Waals surface area (Å²) in [4.78, 5) is 37.7. The molecule has 40 heavy (non-hydrogen) atoms. The van der Waals surface area contributed by atoms with E-state index in [2.05, 4.69) is 46.9 Å². The first-order valence-electron chi connectivity index (χ1n) is 12.4. The van der Waals surface area contributed by atoms with Crippen LogP contribution < -0.4 is 9.47 Å². The highest BCUT2D eigenvalue weighted by Crippen LogP contribution is 2.38. The van der Waals surface area contributed by atoms with Crippen LogP contribution in [0.5, 0.6) is 11.5 Å². The van der Waals surface area contributed by atoms with E-state index in [9.17, 15) is 19.7 Å². The zero-order chi connectivity index (χ0) is 28.2. The Morgan fingerprint density at radius 2 is 1.75 bits per heavy atom. The predicted molar refractivity (Wildman–Crippen MR) is 163 cm³/mol. The molecule has 4 aromatic rings. The summed E-state index contributed by atoms with van der Waals surface area (Å²) in [5.41, 5.74) is 2.12. The standard InChI is InChI=1S/C30H23IN2O6S/c1-2-38-26-15-21(14-25(31)28(26)39-18-20-10-11-22-7-3-4-8-23(22)12-20)16-27-29(34)32(30(35)40-27)17-19-6-5-9-24(13-19)33(36)37/h3-16H,2,17-18H2,1H3/b27-16+. The SMILES string of the molecule is CCOc1cc(/C=C2/SC(=O)N(Cc3cccc([N+](=O)[O-])c3)C2=O)cc(I)c1OCc1ccc2ccccc2c1. The number of amides is 2. The lowest BCUT2D eigenvalue weighted by molar-refractivity contribution is -0.384. The third kappa shape index (κ3) is 6.13. The quantitative estimate of drug-likeness (QED) is 0.0787. The van der Waals surface area contributed by atoms with Crippen LogP contribution in [0.2, 0.25) is 0 Å². The Hall–Kier alpha value is -3.90. The smallest absolute Gasteiger partial charge is 0.293 e. The fourth-order valence-corrected chi connectivity index (χ4v) is 5.92. The summed E-state index contributed by atoms with van der Waals surface area (Å²) >= 11 is 3.01. The Kier molecular flexibility index (Phi) is 8.36. The second-order valence-electron chi connectivity index (χ2n) is 8.93. The fraction of sp³-hybridized carbons (Fsp3) is 0.133. The van der Waals surface area contributed by atoms with Gasteiger partial charge in [0.05, 0.1) is 26.6 Å². The van der Waals surface area contributed by atoms with Crippen molar-refractivity contribution in [3.63, 3.8) is 0 Å². The number of benzene rings is 4. The number of imide groups is 1. The summed E-state index contributed by atoms with van der Waals surface area (Å²) in [5.74, 6) is 0.690. The molecule has 8 nitrogen and oxygen atoms in total. The number of fused-ring (bicyclic) bond motifs is 1. The first-order valence-corrected chi connectivity index (χ1v) is 14.3. The summed E-state index contributed by atoms with van der Waals surface area (Å²) < 4.78 is 12.9. The van der Waals surface area contributed by atoms with Crippen LogP contribution in [0.4, 0.5) is 10.5 Å². The maximum Gasteiger partial charge on any atom is 0.293 e. The second kappa shape index (κ2) is 12.1. The third-order valence-electron chi connectivity index (χ3n) is 6.16. The normalized spacial score (nSPS) is 14.2. The molecule has 1 aliphatic heterocycles. The molecule has 0 aromatic heterocycles. The van der Waals surface area contributed by atoms with Gasteiger partial charge in [0.15, 0.2) is 11.5 Å². The third-order valence-corrected chi connectivity index (χ3v) is 7.87. The minimum Gasteiger partial charge on any atom is -0.490 e. The number of ether oxygens (including phenoxy) is 2. The molecule has 5 rings (SSSR count). The van der Waals surface area contributed by atoms with E-state index >= 15 is 0 Å². The van der Waals surface area contributed by atoms with Crippen LogP contribution in [-0.4, -0.2) is 27.6 Å². The summed E-state index contributed by atoms with van der Waals surface area (Å²) in [6, 6.07) is 23.9. The molecule has 0 aliphatic carbocycles. The van der Waals surface area contributed by atoms with Crippen LogP contribution in [0.15, 0.2) is 83.8 Å². The molecule has 2 amide bonds. The number of nitrogens with zero attached hydrogens (tertiary/aromatic N) is 2. The van der Waals surface area contributed by atoms with Crippen molar-refractivity contribution >= 4 is 68.0 Å². The first kappa shape index (κ1) is 27.7. The number of nitro groups is 1. The molecular weight excluding hydrogens is 643 g/mol.